The van der Waals surface area contributed by atoms with E-state index >= 15 is 0 Å². The van der Waals surface area contributed by atoms with Gasteiger partial charge in [-0.15, -0.1) is 0 Å². The van der Waals surface area contributed by atoms with Crippen LogP contribution in [-0.4, -0.2) is 14.7 Å². The minimum absolute atomic E-state index is 0.278. The van der Waals surface area contributed by atoms with Gasteiger partial charge in [-0.3, -0.25) is 0 Å². The first-order chi connectivity index (χ1) is 9.17. The molecular formula is C13H16F3NO2S. The Balaban J connectivity index is 2.64. The Morgan fingerprint density at radius 1 is 1.10 bits per heavy atom. The maximum atomic E-state index is 14.1. The summed E-state index contributed by atoms with van der Waals surface area (Å²) >= 11 is 0. The van der Waals surface area contributed by atoms with E-state index in [0.29, 0.717) is 19.1 Å². The molecule has 0 amide bonds. The molecule has 7 heteroatoms. The van der Waals surface area contributed by atoms with Crippen molar-refractivity contribution >= 4 is 9.84 Å². The maximum absolute atomic E-state index is 14.1. The SMILES string of the molecule is CS(=O)(=O)c1c(F)cc(C2(N)CCCCC2)c(F)c1F. The van der Waals surface area contributed by atoms with Crippen molar-refractivity contribution in [3.05, 3.63) is 29.1 Å². The van der Waals surface area contributed by atoms with Crippen molar-refractivity contribution in [3.63, 3.8) is 0 Å². The Kier molecular flexibility index (Phi) is 3.85. The van der Waals surface area contributed by atoms with Crippen LogP contribution in [0.5, 0.6) is 0 Å². The molecule has 0 aromatic heterocycles. The van der Waals surface area contributed by atoms with E-state index < -0.39 is 37.7 Å². The van der Waals surface area contributed by atoms with Crippen molar-refractivity contribution in [1.82, 2.24) is 0 Å². The van der Waals surface area contributed by atoms with Crippen molar-refractivity contribution in [2.45, 2.75) is 42.5 Å². The topological polar surface area (TPSA) is 60.2 Å². The van der Waals surface area contributed by atoms with E-state index in [1.807, 2.05) is 0 Å². The van der Waals surface area contributed by atoms with Gasteiger partial charge in [-0.05, 0) is 18.9 Å². The third-order valence-corrected chi connectivity index (χ3v) is 4.89. The molecule has 0 bridgehead atoms. The number of hydrogen-bond acceptors (Lipinski definition) is 3. The molecule has 2 rings (SSSR count). The predicted molar refractivity (Wildman–Crippen MR) is 68.4 cm³/mol. The first-order valence-electron chi connectivity index (χ1n) is 6.34. The van der Waals surface area contributed by atoms with Gasteiger partial charge in [0.1, 0.15) is 10.7 Å². The lowest BCUT2D eigenvalue weighted by atomic mass is 9.77. The third kappa shape index (κ3) is 2.56. The van der Waals surface area contributed by atoms with Crippen LogP contribution in [0, 0.1) is 17.5 Å². The summed E-state index contributed by atoms with van der Waals surface area (Å²) in [6.45, 7) is 0. The summed E-state index contributed by atoms with van der Waals surface area (Å²) < 4.78 is 64.5. The molecule has 0 unspecified atom stereocenters. The molecule has 2 N–H and O–H groups in total. The molecule has 1 saturated carbocycles. The second-order valence-corrected chi connectivity index (χ2v) is 7.30. The van der Waals surface area contributed by atoms with E-state index in [9.17, 15) is 21.6 Å². The number of rotatable bonds is 2. The molecule has 1 fully saturated rings. The van der Waals surface area contributed by atoms with Gasteiger partial charge in [0.05, 0.1) is 0 Å². The van der Waals surface area contributed by atoms with Crippen LogP contribution in [0.1, 0.15) is 37.7 Å². The zero-order valence-electron chi connectivity index (χ0n) is 11.0. The first-order valence-corrected chi connectivity index (χ1v) is 8.23. The highest BCUT2D eigenvalue weighted by Gasteiger charge is 2.36. The maximum Gasteiger partial charge on any atom is 0.181 e. The Bertz CT molecular complexity index is 638. The Hall–Kier alpha value is -1.08. The molecule has 0 spiro atoms. The van der Waals surface area contributed by atoms with Crippen molar-refractivity contribution < 1.29 is 21.6 Å². The first kappa shape index (κ1) is 15.3. The van der Waals surface area contributed by atoms with E-state index in [0.717, 1.165) is 25.3 Å². The van der Waals surface area contributed by atoms with Gasteiger partial charge in [0.2, 0.25) is 0 Å². The Labute approximate surface area is 115 Å². The molecule has 3 nitrogen and oxygen atoms in total. The molecule has 1 aromatic carbocycles. The summed E-state index contributed by atoms with van der Waals surface area (Å²) in [6, 6.07) is 0.722. The second kappa shape index (κ2) is 5.04. The average molecular weight is 307 g/mol. The minimum Gasteiger partial charge on any atom is -0.321 e. The van der Waals surface area contributed by atoms with Crippen LogP contribution in [0.4, 0.5) is 13.2 Å². The molecule has 0 aliphatic heterocycles. The van der Waals surface area contributed by atoms with Crippen LogP contribution < -0.4 is 5.73 Å². The van der Waals surface area contributed by atoms with Crippen molar-refractivity contribution in [3.8, 4) is 0 Å². The molecule has 20 heavy (non-hydrogen) atoms. The molecule has 1 aliphatic carbocycles. The number of benzene rings is 1. The third-order valence-electron chi connectivity index (χ3n) is 3.77. The van der Waals surface area contributed by atoms with Crippen LogP contribution in [0.2, 0.25) is 0 Å². The molecule has 0 atom stereocenters. The fourth-order valence-corrected chi connectivity index (χ4v) is 3.56. The molecular weight excluding hydrogens is 291 g/mol. The zero-order chi connectivity index (χ0) is 15.1. The minimum atomic E-state index is -4.18. The summed E-state index contributed by atoms with van der Waals surface area (Å²) in [4.78, 5) is -1.24. The van der Waals surface area contributed by atoms with Gasteiger partial charge in [0, 0.05) is 17.4 Å². The molecule has 0 heterocycles. The quantitative estimate of drug-likeness (QED) is 0.854. The highest BCUT2D eigenvalue weighted by atomic mass is 32.2. The smallest absolute Gasteiger partial charge is 0.181 e. The van der Waals surface area contributed by atoms with E-state index in [-0.39, 0.29) is 5.56 Å². The number of sulfone groups is 1. The van der Waals surface area contributed by atoms with Gasteiger partial charge in [-0.25, -0.2) is 21.6 Å². The van der Waals surface area contributed by atoms with Crippen molar-refractivity contribution in [1.29, 1.82) is 0 Å². The van der Waals surface area contributed by atoms with Crippen LogP contribution >= 0.6 is 0 Å². The molecule has 1 aliphatic rings. The van der Waals surface area contributed by atoms with Crippen LogP contribution in [0.3, 0.4) is 0 Å². The highest BCUT2D eigenvalue weighted by molar-refractivity contribution is 7.90. The summed E-state index contributed by atoms with van der Waals surface area (Å²) in [5.41, 5.74) is 4.64. The van der Waals surface area contributed by atoms with E-state index in [4.69, 9.17) is 5.73 Å². The van der Waals surface area contributed by atoms with E-state index in [1.165, 1.54) is 0 Å². The lowest BCUT2D eigenvalue weighted by Gasteiger charge is -2.34. The zero-order valence-corrected chi connectivity index (χ0v) is 11.9. The van der Waals surface area contributed by atoms with Gasteiger partial charge in [0.15, 0.2) is 21.5 Å². The Morgan fingerprint density at radius 3 is 2.15 bits per heavy atom. The fourth-order valence-electron chi connectivity index (χ4n) is 2.73. The van der Waals surface area contributed by atoms with Gasteiger partial charge in [-0.1, -0.05) is 19.3 Å². The molecule has 0 saturated heterocycles. The largest absolute Gasteiger partial charge is 0.321 e. The summed E-state index contributed by atoms with van der Waals surface area (Å²) in [5, 5.41) is 0. The molecule has 1 aromatic rings. The predicted octanol–water partition coefficient (Wildman–Crippen LogP) is 2.63. The summed E-state index contributed by atoms with van der Waals surface area (Å²) in [5.74, 6) is -4.34. The monoisotopic (exact) mass is 307 g/mol. The fraction of sp³-hybridized carbons (Fsp3) is 0.538. The summed E-state index contributed by atoms with van der Waals surface area (Å²) in [6.07, 6.45) is 3.89. The second-order valence-electron chi connectivity index (χ2n) is 5.35. The normalized spacial score (nSPS) is 19.1. The van der Waals surface area contributed by atoms with Crippen LogP contribution in [0.15, 0.2) is 11.0 Å². The van der Waals surface area contributed by atoms with E-state index in [2.05, 4.69) is 0 Å². The van der Waals surface area contributed by atoms with E-state index in [1.54, 1.807) is 0 Å². The van der Waals surface area contributed by atoms with Gasteiger partial charge >= 0.3 is 0 Å². The van der Waals surface area contributed by atoms with Crippen LogP contribution in [-0.2, 0) is 15.4 Å². The standard InChI is InChI=1S/C13H16F3NO2S/c1-20(18,19)12-9(14)7-8(10(15)11(12)16)13(17)5-3-2-4-6-13/h7H,2-6,17H2,1H3. The lowest BCUT2D eigenvalue weighted by Crippen LogP contribution is -2.40. The van der Waals surface area contributed by atoms with Crippen molar-refractivity contribution in [2.24, 2.45) is 5.73 Å². The van der Waals surface area contributed by atoms with Crippen molar-refractivity contribution in [2.75, 3.05) is 6.26 Å². The number of nitrogens with two attached hydrogens (primary N) is 1. The lowest BCUT2D eigenvalue weighted by molar-refractivity contribution is 0.285. The summed E-state index contributed by atoms with van der Waals surface area (Å²) in [7, 11) is -4.18. The van der Waals surface area contributed by atoms with Gasteiger partial charge in [0.25, 0.3) is 0 Å². The average Bonchev–Trinajstić information content (AvgIpc) is 2.33. The molecule has 0 radical (unpaired) electrons. The van der Waals surface area contributed by atoms with Gasteiger partial charge in [-0.2, -0.15) is 0 Å². The van der Waals surface area contributed by atoms with Gasteiger partial charge < -0.3 is 5.73 Å². The number of halogens is 3. The number of hydrogen-bond donors (Lipinski definition) is 1. The Morgan fingerprint density at radius 2 is 1.65 bits per heavy atom. The van der Waals surface area contributed by atoms with Crippen LogP contribution in [0.25, 0.3) is 0 Å². The highest BCUT2D eigenvalue weighted by Crippen LogP contribution is 2.38. The molecule has 112 valence electrons.